The number of hydrogen-bond acceptors (Lipinski definition) is 4. The molecule has 43 heavy (non-hydrogen) atoms. The summed E-state index contributed by atoms with van der Waals surface area (Å²) >= 11 is 0. The standard InChI is InChI=1S/C37H42N2O3Si/c1-25-9-15-28(16-10-25)38(5)29-17-11-26(12-18-29)33-35(40)34(36(33)41)27-13-19-30(20-14-27)39(6)31-21-23-32(24-22-31)42-43(7,8)37(2,3)4/h9-24,27,34H,1-8H3. The molecule has 1 atom stereocenters. The SMILES string of the molecule is Cc1ccc(N(C)c2ccc(C3=C([O-])C(C4C=CC(=[N+](C)c5ccc(O[Si](C)(C)C(C)(C)C)cc5)C=C4)C3=O)cc2)cc1. The molecule has 0 N–H and O–H groups in total. The number of carbonyl (C=O) groups is 1. The van der Waals surface area contributed by atoms with Crippen LogP contribution in [0.2, 0.25) is 18.1 Å². The molecule has 3 aromatic carbocycles. The van der Waals surface area contributed by atoms with Crippen molar-refractivity contribution in [1.29, 1.82) is 0 Å². The molecule has 5 nitrogen and oxygen atoms in total. The van der Waals surface area contributed by atoms with E-state index in [-0.39, 0.29) is 22.5 Å². The average Bonchev–Trinajstić information content (AvgIpc) is 2.97. The van der Waals surface area contributed by atoms with Crippen LogP contribution in [0.5, 0.6) is 5.75 Å². The van der Waals surface area contributed by atoms with Crippen LogP contribution >= 0.6 is 0 Å². The number of rotatable bonds is 7. The summed E-state index contributed by atoms with van der Waals surface area (Å²) in [5.74, 6) is -0.175. The van der Waals surface area contributed by atoms with Gasteiger partial charge in [-0.1, -0.05) is 62.8 Å². The third kappa shape index (κ3) is 6.02. The zero-order valence-electron chi connectivity index (χ0n) is 26.5. The van der Waals surface area contributed by atoms with Gasteiger partial charge in [0.05, 0.1) is 0 Å². The van der Waals surface area contributed by atoms with Crippen molar-refractivity contribution in [2.75, 3.05) is 19.0 Å². The van der Waals surface area contributed by atoms with Gasteiger partial charge in [0, 0.05) is 60.1 Å². The van der Waals surface area contributed by atoms with Gasteiger partial charge < -0.3 is 14.4 Å². The fourth-order valence-corrected chi connectivity index (χ4v) is 6.23. The van der Waals surface area contributed by atoms with E-state index in [1.54, 1.807) is 0 Å². The minimum absolute atomic E-state index is 0.0851. The molecule has 2 aliphatic carbocycles. The molecule has 5 rings (SSSR count). The van der Waals surface area contributed by atoms with Crippen LogP contribution in [0.25, 0.3) is 5.57 Å². The van der Waals surface area contributed by atoms with Crippen molar-refractivity contribution >= 4 is 42.4 Å². The number of anilines is 2. The van der Waals surface area contributed by atoms with Gasteiger partial charge in [-0.05, 0) is 67.0 Å². The summed E-state index contributed by atoms with van der Waals surface area (Å²) in [7, 11) is 2.12. The maximum atomic E-state index is 13.2. The molecule has 0 saturated heterocycles. The molecule has 0 saturated carbocycles. The van der Waals surface area contributed by atoms with Gasteiger partial charge in [0.15, 0.2) is 5.78 Å². The maximum absolute atomic E-state index is 13.2. The Kier molecular flexibility index (Phi) is 8.10. The highest BCUT2D eigenvalue weighted by atomic mass is 28.4. The first kappa shape index (κ1) is 30.3. The van der Waals surface area contributed by atoms with E-state index in [2.05, 4.69) is 86.7 Å². The molecule has 222 valence electrons. The molecule has 0 radical (unpaired) electrons. The van der Waals surface area contributed by atoms with Crippen LogP contribution in [0.15, 0.2) is 103 Å². The van der Waals surface area contributed by atoms with E-state index in [0.29, 0.717) is 11.1 Å². The summed E-state index contributed by atoms with van der Waals surface area (Å²) in [6, 6.07) is 24.2. The smallest absolute Gasteiger partial charge is 0.250 e. The molecule has 0 aliphatic heterocycles. The Morgan fingerprint density at radius 1 is 0.860 bits per heavy atom. The largest absolute Gasteiger partial charge is 0.874 e. The summed E-state index contributed by atoms with van der Waals surface area (Å²) in [6.45, 7) is 13.3. The Morgan fingerprint density at radius 3 is 1.91 bits per heavy atom. The van der Waals surface area contributed by atoms with Crippen molar-refractivity contribution in [3.63, 3.8) is 0 Å². The predicted molar refractivity (Wildman–Crippen MR) is 178 cm³/mol. The number of hydrogen-bond donors (Lipinski definition) is 0. The molecule has 3 aromatic rings. The van der Waals surface area contributed by atoms with Crippen molar-refractivity contribution in [2.45, 2.75) is 45.8 Å². The fourth-order valence-electron chi connectivity index (χ4n) is 5.20. The average molecular weight is 591 g/mol. The normalized spacial score (nSPS) is 18.5. The van der Waals surface area contributed by atoms with E-state index >= 15 is 0 Å². The number of carbonyl (C=O) groups excluding carboxylic acids is 1. The van der Waals surface area contributed by atoms with Crippen LogP contribution in [-0.2, 0) is 4.79 Å². The molecule has 0 heterocycles. The van der Waals surface area contributed by atoms with Gasteiger partial charge in [-0.3, -0.25) is 4.79 Å². The monoisotopic (exact) mass is 590 g/mol. The van der Waals surface area contributed by atoms with E-state index in [0.717, 1.165) is 28.5 Å². The molecule has 0 amide bonds. The second-order valence-electron chi connectivity index (χ2n) is 13.2. The van der Waals surface area contributed by atoms with Crippen LogP contribution < -0.4 is 14.4 Å². The third-order valence-corrected chi connectivity index (χ3v) is 13.5. The number of aryl methyl sites for hydroxylation is 1. The first-order valence-corrected chi connectivity index (χ1v) is 17.8. The Labute approximate surface area is 257 Å². The molecular formula is C37H42N2O3Si. The molecule has 0 bridgehead atoms. The fraction of sp³-hybridized carbons (Fsp3) is 0.297. The van der Waals surface area contributed by atoms with E-state index in [1.807, 2.05) is 74.8 Å². The lowest BCUT2D eigenvalue weighted by Crippen LogP contribution is -2.43. The van der Waals surface area contributed by atoms with Gasteiger partial charge >= 0.3 is 0 Å². The van der Waals surface area contributed by atoms with E-state index < -0.39 is 14.2 Å². The van der Waals surface area contributed by atoms with Gasteiger partial charge in [0.2, 0.25) is 19.7 Å². The first-order valence-electron chi connectivity index (χ1n) is 14.9. The lowest BCUT2D eigenvalue weighted by Gasteiger charge is -2.40. The molecule has 0 spiro atoms. The number of ketones is 1. The van der Waals surface area contributed by atoms with Gasteiger partial charge in [-0.2, -0.15) is 4.58 Å². The summed E-state index contributed by atoms with van der Waals surface area (Å²) in [5.41, 5.74) is 6.30. The van der Waals surface area contributed by atoms with Crippen LogP contribution in [0.3, 0.4) is 0 Å². The van der Waals surface area contributed by atoms with Crippen LogP contribution in [0.4, 0.5) is 17.1 Å². The highest BCUT2D eigenvalue weighted by Gasteiger charge is 2.39. The maximum Gasteiger partial charge on any atom is 0.250 e. The van der Waals surface area contributed by atoms with E-state index in [4.69, 9.17) is 4.43 Å². The molecule has 2 aliphatic rings. The number of allylic oxidation sites excluding steroid dienone is 6. The number of Topliss-reactive ketones (excluding diaryl/α,β-unsaturated/α-hetero) is 1. The lowest BCUT2D eigenvalue weighted by molar-refractivity contribution is -0.403. The molecule has 0 aromatic heterocycles. The summed E-state index contributed by atoms with van der Waals surface area (Å²) < 4.78 is 8.52. The zero-order chi connectivity index (χ0) is 31.1. The molecule has 0 fully saturated rings. The van der Waals surface area contributed by atoms with Crippen molar-refractivity contribution in [3.05, 3.63) is 114 Å². The summed E-state index contributed by atoms with van der Waals surface area (Å²) in [6.07, 6.45) is 7.94. The second kappa shape index (κ2) is 11.5. The van der Waals surface area contributed by atoms with Crippen molar-refractivity contribution in [2.24, 2.45) is 11.8 Å². The highest BCUT2D eigenvalue weighted by Crippen LogP contribution is 2.41. The van der Waals surface area contributed by atoms with Crippen molar-refractivity contribution in [3.8, 4) is 5.75 Å². The van der Waals surface area contributed by atoms with Crippen LogP contribution in [0, 0.1) is 18.8 Å². The first-order chi connectivity index (χ1) is 20.3. The van der Waals surface area contributed by atoms with Gasteiger partial charge in [0.1, 0.15) is 12.8 Å². The van der Waals surface area contributed by atoms with E-state index in [9.17, 15) is 9.90 Å². The van der Waals surface area contributed by atoms with Crippen molar-refractivity contribution in [1.82, 2.24) is 0 Å². The Morgan fingerprint density at radius 2 is 1.40 bits per heavy atom. The predicted octanol–water partition coefficient (Wildman–Crippen LogP) is 7.57. The Hall–Kier alpha value is -4.16. The molecule has 6 heteroatoms. The molecule has 1 unspecified atom stereocenters. The minimum atomic E-state index is -1.90. The van der Waals surface area contributed by atoms with Crippen LogP contribution in [0.1, 0.15) is 31.9 Å². The minimum Gasteiger partial charge on any atom is -0.874 e. The van der Waals surface area contributed by atoms with Gasteiger partial charge in [-0.25, -0.2) is 0 Å². The van der Waals surface area contributed by atoms with Gasteiger partial charge in [-0.15, -0.1) is 5.76 Å². The quantitative estimate of drug-likeness (QED) is 0.210. The van der Waals surface area contributed by atoms with Gasteiger partial charge in [0.25, 0.3) is 0 Å². The van der Waals surface area contributed by atoms with Crippen LogP contribution in [-0.4, -0.2) is 38.5 Å². The lowest BCUT2D eigenvalue weighted by atomic mass is 9.71. The zero-order valence-corrected chi connectivity index (χ0v) is 27.5. The third-order valence-electron chi connectivity index (χ3n) is 9.18. The van der Waals surface area contributed by atoms with E-state index in [1.165, 1.54) is 5.56 Å². The number of benzene rings is 3. The number of nitrogens with zero attached hydrogens (tertiary/aromatic N) is 2. The Bertz CT molecular complexity index is 1620. The highest BCUT2D eigenvalue weighted by molar-refractivity contribution is 6.74. The summed E-state index contributed by atoms with van der Waals surface area (Å²) in [5, 5.41) is 13.3. The second-order valence-corrected chi connectivity index (χ2v) is 17.9. The van der Waals surface area contributed by atoms with Crippen molar-refractivity contribution < 1.29 is 18.9 Å². The molecular weight excluding hydrogens is 549 g/mol. The Balaban J connectivity index is 1.26. The topological polar surface area (TPSA) is 55.6 Å². The summed E-state index contributed by atoms with van der Waals surface area (Å²) in [4.78, 5) is 15.3.